The van der Waals surface area contributed by atoms with Crippen LogP contribution in [-0.4, -0.2) is 37.4 Å². The molecule has 0 radical (unpaired) electrons. The molecule has 0 aliphatic heterocycles. The topological polar surface area (TPSA) is 123 Å². The van der Waals surface area contributed by atoms with Gasteiger partial charge in [0.15, 0.2) is 6.61 Å². The van der Waals surface area contributed by atoms with E-state index in [-0.39, 0.29) is 31.1 Å². The standard InChI is InChI=1S/C22H24ClN3O6/c1-14(27)24-16-7-9-17(10-8-16)25-21(29)13-32-22(30)5-3-4-20(28)26-18-12-15(23)6-11-19(18)31-2/h6-12H,3-5,13H2,1-2H3,(H,24,27)(H,25,29)(H,26,28). The fraction of sp³-hybridized carbons (Fsp3) is 0.273. The Labute approximate surface area is 190 Å². The number of benzene rings is 2. The van der Waals surface area contributed by atoms with Gasteiger partial charge >= 0.3 is 5.97 Å². The number of hydrogen-bond acceptors (Lipinski definition) is 6. The van der Waals surface area contributed by atoms with Crippen LogP contribution in [0.4, 0.5) is 17.1 Å². The number of ether oxygens (including phenoxy) is 2. The molecule has 0 bridgehead atoms. The molecule has 170 valence electrons. The van der Waals surface area contributed by atoms with Crippen molar-refractivity contribution in [2.45, 2.75) is 26.2 Å². The summed E-state index contributed by atoms with van der Waals surface area (Å²) in [6.45, 7) is 0.950. The molecule has 32 heavy (non-hydrogen) atoms. The van der Waals surface area contributed by atoms with Gasteiger partial charge in [0, 0.05) is 36.2 Å². The number of rotatable bonds is 10. The van der Waals surface area contributed by atoms with Crippen LogP contribution in [0.3, 0.4) is 0 Å². The van der Waals surface area contributed by atoms with Crippen molar-refractivity contribution in [1.82, 2.24) is 0 Å². The molecular formula is C22H24ClN3O6. The molecule has 0 fully saturated rings. The van der Waals surface area contributed by atoms with Gasteiger partial charge in [0.25, 0.3) is 5.91 Å². The van der Waals surface area contributed by atoms with Gasteiger partial charge in [-0.2, -0.15) is 0 Å². The van der Waals surface area contributed by atoms with Gasteiger partial charge in [0.1, 0.15) is 5.75 Å². The summed E-state index contributed by atoms with van der Waals surface area (Å²) in [5.74, 6) is -1.13. The fourth-order valence-corrected chi connectivity index (χ4v) is 2.81. The molecule has 2 aromatic rings. The first-order chi connectivity index (χ1) is 15.3. The Morgan fingerprint density at radius 3 is 2.16 bits per heavy atom. The molecule has 0 aliphatic carbocycles. The van der Waals surface area contributed by atoms with Crippen LogP contribution in [-0.2, 0) is 23.9 Å². The molecule has 0 saturated carbocycles. The van der Waals surface area contributed by atoms with Crippen molar-refractivity contribution in [2.75, 3.05) is 29.7 Å². The van der Waals surface area contributed by atoms with Crippen molar-refractivity contribution in [3.63, 3.8) is 0 Å². The lowest BCUT2D eigenvalue weighted by Gasteiger charge is -2.10. The fourth-order valence-electron chi connectivity index (χ4n) is 2.64. The lowest BCUT2D eigenvalue weighted by atomic mass is 10.2. The third-order valence-corrected chi connectivity index (χ3v) is 4.31. The second kappa shape index (κ2) is 12.3. The van der Waals surface area contributed by atoms with Gasteiger partial charge in [-0.1, -0.05) is 11.6 Å². The third-order valence-electron chi connectivity index (χ3n) is 4.07. The molecule has 10 heteroatoms. The Kier molecular flexibility index (Phi) is 9.49. The van der Waals surface area contributed by atoms with Crippen molar-refractivity contribution in [3.05, 3.63) is 47.5 Å². The van der Waals surface area contributed by atoms with Crippen LogP contribution in [0.1, 0.15) is 26.2 Å². The molecule has 3 N–H and O–H groups in total. The zero-order chi connectivity index (χ0) is 23.5. The molecule has 2 rings (SSSR count). The average molecular weight is 462 g/mol. The number of nitrogens with one attached hydrogen (secondary N) is 3. The molecule has 2 aromatic carbocycles. The first kappa shape index (κ1) is 24.7. The van der Waals surface area contributed by atoms with Gasteiger partial charge in [0.2, 0.25) is 11.8 Å². The Morgan fingerprint density at radius 2 is 1.53 bits per heavy atom. The Balaban J connectivity index is 1.67. The van der Waals surface area contributed by atoms with Gasteiger partial charge in [-0.3, -0.25) is 19.2 Å². The minimum atomic E-state index is -0.589. The van der Waals surface area contributed by atoms with Crippen LogP contribution in [0.15, 0.2) is 42.5 Å². The SMILES string of the molecule is COc1ccc(Cl)cc1NC(=O)CCCC(=O)OCC(=O)Nc1ccc(NC(C)=O)cc1. The highest BCUT2D eigenvalue weighted by Gasteiger charge is 2.11. The number of carbonyl (C=O) groups excluding carboxylic acids is 4. The maximum Gasteiger partial charge on any atom is 0.306 e. The number of carbonyl (C=O) groups is 4. The molecule has 0 aliphatic rings. The van der Waals surface area contributed by atoms with Crippen LogP contribution in [0, 0.1) is 0 Å². The summed E-state index contributed by atoms with van der Waals surface area (Å²) in [5, 5.41) is 8.32. The highest BCUT2D eigenvalue weighted by atomic mass is 35.5. The van der Waals surface area contributed by atoms with Crippen LogP contribution >= 0.6 is 11.6 Å². The lowest BCUT2D eigenvalue weighted by molar-refractivity contribution is -0.147. The Morgan fingerprint density at radius 1 is 0.875 bits per heavy atom. The lowest BCUT2D eigenvalue weighted by Crippen LogP contribution is -2.21. The number of esters is 1. The largest absolute Gasteiger partial charge is 0.495 e. The molecule has 0 aromatic heterocycles. The third kappa shape index (κ3) is 8.65. The van der Waals surface area contributed by atoms with Gasteiger partial charge in [-0.25, -0.2) is 0 Å². The van der Waals surface area contributed by atoms with Crippen molar-refractivity contribution in [2.24, 2.45) is 0 Å². The summed E-state index contributed by atoms with van der Waals surface area (Å²) < 4.78 is 10.1. The van der Waals surface area contributed by atoms with Crippen LogP contribution in [0.5, 0.6) is 5.75 Å². The van der Waals surface area contributed by atoms with Gasteiger partial charge in [0.05, 0.1) is 12.8 Å². The average Bonchev–Trinajstić information content (AvgIpc) is 2.73. The summed E-state index contributed by atoms with van der Waals surface area (Å²) in [5.41, 5.74) is 1.53. The second-order valence-electron chi connectivity index (χ2n) is 6.71. The number of amides is 3. The number of methoxy groups -OCH3 is 1. The smallest absolute Gasteiger partial charge is 0.306 e. The number of anilines is 3. The molecule has 0 atom stereocenters. The van der Waals surface area contributed by atoms with E-state index in [0.29, 0.717) is 27.8 Å². The van der Waals surface area contributed by atoms with E-state index in [1.807, 2.05) is 0 Å². The maximum absolute atomic E-state index is 12.1. The first-order valence-corrected chi connectivity index (χ1v) is 10.1. The van der Waals surface area contributed by atoms with Crippen LogP contribution in [0.2, 0.25) is 5.02 Å². The normalized spacial score (nSPS) is 10.1. The van der Waals surface area contributed by atoms with Crippen molar-refractivity contribution >= 4 is 52.4 Å². The molecule has 3 amide bonds. The minimum absolute atomic E-state index is 0.0151. The molecule has 0 saturated heterocycles. The molecular weight excluding hydrogens is 438 g/mol. The Hall–Kier alpha value is -3.59. The van der Waals surface area contributed by atoms with E-state index in [1.54, 1.807) is 42.5 Å². The molecule has 0 unspecified atom stereocenters. The van der Waals surface area contributed by atoms with E-state index >= 15 is 0 Å². The van der Waals surface area contributed by atoms with Gasteiger partial charge in [-0.05, 0) is 48.9 Å². The first-order valence-electron chi connectivity index (χ1n) is 9.73. The summed E-state index contributed by atoms with van der Waals surface area (Å²) in [6.07, 6.45) is 0.316. The highest BCUT2D eigenvalue weighted by molar-refractivity contribution is 6.31. The number of halogens is 1. The number of hydrogen-bond donors (Lipinski definition) is 3. The zero-order valence-corrected chi connectivity index (χ0v) is 18.5. The van der Waals surface area contributed by atoms with Crippen LogP contribution < -0.4 is 20.7 Å². The predicted octanol–water partition coefficient (Wildman–Crippen LogP) is 3.60. The summed E-state index contributed by atoms with van der Waals surface area (Å²) in [7, 11) is 1.48. The molecule has 0 spiro atoms. The van der Waals surface area contributed by atoms with E-state index < -0.39 is 18.5 Å². The van der Waals surface area contributed by atoms with Gasteiger partial charge in [-0.15, -0.1) is 0 Å². The predicted molar refractivity (Wildman–Crippen MR) is 121 cm³/mol. The summed E-state index contributed by atoms with van der Waals surface area (Å²) in [6, 6.07) is 11.3. The zero-order valence-electron chi connectivity index (χ0n) is 17.7. The van der Waals surface area contributed by atoms with Crippen LogP contribution in [0.25, 0.3) is 0 Å². The second-order valence-corrected chi connectivity index (χ2v) is 7.15. The van der Waals surface area contributed by atoms with E-state index in [1.165, 1.54) is 14.0 Å². The maximum atomic E-state index is 12.1. The van der Waals surface area contributed by atoms with Crippen molar-refractivity contribution in [3.8, 4) is 5.75 Å². The van der Waals surface area contributed by atoms with E-state index in [9.17, 15) is 19.2 Å². The van der Waals surface area contributed by atoms with Gasteiger partial charge < -0.3 is 25.4 Å². The van der Waals surface area contributed by atoms with E-state index in [0.717, 1.165) is 0 Å². The molecule has 9 nitrogen and oxygen atoms in total. The molecule has 0 heterocycles. The van der Waals surface area contributed by atoms with Crippen molar-refractivity contribution in [1.29, 1.82) is 0 Å². The van der Waals surface area contributed by atoms with E-state index in [2.05, 4.69) is 16.0 Å². The quantitative estimate of drug-likeness (QED) is 0.464. The van der Waals surface area contributed by atoms with Crippen molar-refractivity contribution < 1.29 is 28.7 Å². The summed E-state index contributed by atoms with van der Waals surface area (Å²) in [4.78, 5) is 46.8. The van der Waals surface area contributed by atoms with E-state index in [4.69, 9.17) is 21.1 Å². The monoisotopic (exact) mass is 461 g/mol. The highest BCUT2D eigenvalue weighted by Crippen LogP contribution is 2.27. The minimum Gasteiger partial charge on any atom is -0.495 e. The Bertz CT molecular complexity index is 978. The summed E-state index contributed by atoms with van der Waals surface area (Å²) >= 11 is 5.92.